The van der Waals surface area contributed by atoms with Gasteiger partial charge in [0.1, 0.15) is 17.3 Å². The van der Waals surface area contributed by atoms with E-state index in [9.17, 15) is 4.79 Å². The number of carbonyl (C=O) groups is 1. The van der Waals surface area contributed by atoms with Crippen molar-refractivity contribution in [2.45, 2.75) is 12.8 Å². The largest absolute Gasteiger partial charge is 0.496 e. The molecule has 6 nitrogen and oxygen atoms in total. The number of hydrogen-bond acceptors (Lipinski definition) is 5. The zero-order valence-corrected chi connectivity index (χ0v) is 16.4. The SMILES string of the molecule is COc1ccccc1CCNc1ccc(NC(=O)CCOc2ccccc2)nc1. The van der Waals surface area contributed by atoms with Crippen molar-refractivity contribution in [2.75, 3.05) is 30.9 Å². The monoisotopic (exact) mass is 391 g/mol. The third-order valence-corrected chi connectivity index (χ3v) is 4.29. The Hall–Kier alpha value is -3.54. The van der Waals surface area contributed by atoms with Gasteiger partial charge in [0.25, 0.3) is 0 Å². The number of aromatic nitrogens is 1. The number of nitrogens with one attached hydrogen (secondary N) is 2. The molecular formula is C23H25N3O3. The van der Waals surface area contributed by atoms with Gasteiger partial charge in [-0.05, 0) is 42.3 Å². The fraction of sp³-hybridized carbons (Fsp3) is 0.217. The molecule has 0 unspecified atom stereocenters. The Morgan fingerprint density at radius 3 is 2.55 bits per heavy atom. The maximum atomic E-state index is 12.0. The van der Waals surface area contributed by atoms with Gasteiger partial charge in [0.05, 0.1) is 32.0 Å². The maximum Gasteiger partial charge on any atom is 0.228 e. The lowest BCUT2D eigenvalue weighted by molar-refractivity contribution is -0.116. The average Bonchev–Trinajstić information content (AvgIpc) is 2.76. The predicted octanol–water partition coefficient (Wildman–Crippen LogP) is 4.15. The Balaban J connectivity index is 1.39. The van der Waals surface area contributed by atoms with Gasteiger partial charge in [-0.1, -0.05) is 36.4 Å². The molecule has 6 heteroatoms. The summed E-state index contributed by atoms with van der Waals surface area (Å²) in [5.41, 5.74) is 2.04. The number of amides is 1. The Labute approximate surface area is 170 Å². The number of benzene rings is 2. The second-order valence-electron chi connectivity index (χ2n) is 6.38. The van der Waals surface area contributed by atoms with Crippen LogP contribution in [0.5, 0.6) is 11.5 Å². The molecule has 0 bridgehead atoms. The summed E-state index contributed by atoms with van der Waals surface area (Å²) < 4.78 is 10.9. The second-order valence-corrected chi connectivity index (χ2v) is 6.38. The van der Waals surface area contributed by atoms with Gasteiger partial charge in [0.15, 0.2) is 0 Å². The Morgan fingerprint density at radius 2 is 1.79 bits per heavy atom. The summed E-state index contributed by atoms with van der Waals surface area (Å²) >= 11 is 0. The number of para-hydroxylation sites is 2. The van der Waals surface area contributed by atoms with Crippen molar-refractivity contribution in [2.24, 2.45) is 0 Å². The van der Waals surface area contributed by atoms with Crippen LogP contribution in [-0.2, 0) is 11.2 Å². The van der Waals surface area contributed by atoms with Gasteiger partial charge < -0.3 is 20.1 Å². The van der Waals surface area contributed by atoms with Crippen molar-refractivity contribution in [1.82, 2.24) is 4.98 Å². The van der Waals surface area contributed by atoms with E-state index in [-0.39, 0.29) is 12.3 Å². The molecule has 1 aromatic heterocycles. The molecular weight excluding hydrogens is 366 g/mol. The summed E-state index contributed by atoms with van der Waals surface area (Å²) in [5, 5.41) is 6.10. The molecule has 2 aromatic carbocycles. The number of methoxy groups -OCH3 is 1. The van der Waals surface area contributed by atoms with Crippen LogP contribution in [0.15, 0.2) is 72.9 Å². The van der Waals surface area contributed by atoms with Crippen LogP contribution >= 0.6 is 0 Å². The molecule has 0 saturated carbocycles. The van der Waals surface area contributed by atoms with E-state index in [1.165, 1.54) is 0 Å². The molecule has 0 saturated heterocycles. The van der Waals surface area contributed by atoms with E-state index in [1.54, 1.807) is 19.4 Å². The van der Waals surface area contributed by atoms with Crippen LogP contribution in [0.3, 0.4) is 0 Å². The zero-order chi connectivity index (χ0) is 20.3. The molecule has 3 rings (SSSR count). The van der Waals surface area contributed by atoms with Crippen LogP contribution in [0.1, 0.15) is 12.0 Å². The van der Waals surface area contributed by atoms with E-state index in [4.69, 9.17) is 9.47 Å². The third kappa shape index (κ3) is 6.53. The van der Waals surface area contributed by atoms with Crippen LogP contribution in [0, 0.1) is 0 Å². The standard InChI is InChI=1S/C23H25N3O3/c1-28-21-10-6-5-7-18(21)13-15-24-19-11-12-22(25-17-19)26-23(27)14-16-29-20-8-3-2-4-9-20/h2-12,17,24H,13-16H2,1H3,(H,25,26,27). The quantitative estimate of drug-likeness (QED) is 0.543. The predicted molar refractivity (Wildman–Crippen MR) is 115 cm³/mol. The highest BCUT2D eigenvalue weighted by Crippen LogP contribution is 2.18. The minimum atomic E-state index is -0.134. The van der Waals surface area contributed by atoms with Gasteiger partial charge in [-0.25, -0.2) is 4.98 Å². The van der Waals surface area contributed by atoms with E-state index in [0.29, 0.717) is 12.4 Å². The molecule has 29 heavy (non-hydrogen) atoms. The number of anilines is 2. The smallest absolute Gasteiger partial charge is 0.228 e. The number of hydrogen-bond donors (Lipinski definition) is 2. The zero-order valence-electron chi connectivity index (χ0n) is 16.4. The van der Waals surface area contributed by atoms with Crippen molar-refractivity contribution in [3.05, 3.63) is 78.5 Å². The first-order valence-electron chi connectivity index (χ1n) is 9.54. The molecule has 2 N–H and O–H groups in total. The number of pyridine rings is 1. The lowest BCUT2D eigenvalue weighted by Gasteiger charge is -2.10. The first kappa shape index (κ1) is 20.2. The Morgan fingerprint density at radius 1 is 1.00 bits per heavy atom. The van der Waals surface area contributed by atoms with E-state index in [0.717, 1.165) is 35.7 Å². The van der Waals surface area contributed by atoms with E-state index in [1.807, 2.05) is 54.6 Å². The van der Waals surface area contributed by atoms with Crippen LogP contribution in [0.2, 0.25) is 0 Å². The maximum absolute atomic E-state index is 12.0. The van der Waals surface area contributed by atoms with E-state index >= 15 is 0 Å². The lowest BCUT2D eigenvalue weighted by atomic mass is 10.1. The van der Waals surface area contributed by atoms with Crippen LogP contribution in [0.4, 0.5) is 11.5 Å². The highest BCUT2D eigenvalue weighted by molar-refractivity contribution is 5.89. The molecule has 150 valence electrons. The summed E-state index contributed by atoms with van der Waals surface area (Å²) in [4.78, 5) is 16.3. The molecule has 0 atom stereocenters. The van der Waals surface area contributed by atoms with Gasteiger partial charge >= 0.3 is 0 Å². The van der Waals surface area contributed by atoms with Crippen molar-refractivity contribution >= 4 is 17.4 Å². The van der Waals surface area contributed by atoms with Gasteiger partial charge in [0.2, 0.25) is 5.91 Å². The van der Waals surface area contributed by atoms with Crippen molar-refractivity contribution in [3.8, 4) is 11.5 Å². The molecule has 0 spiro atoms. The minimum Gasteiger partial charge on any atom is -0.496 e. The van der Waals surface area contributed by atoms with Crippen LogP contribution < -0.4 is 20.1 Å². The topological polar surface area (TPSA) is 72.5 Å². The third-order valence-electron chi connectivity index (χ3n) is 4.29. The molecule has 0 aliphatic rings. The highest BCUT2D eigenvalue weighted by Gasteiger charge is 2.05. The van der Waals surface area contributed by atoms with Crippen LogP contribution in [-0.4, -0.2) is 31.2 Å². The van der Waals surface area contributed by atoms with Crippen LogP contribution in [0.25, 0.3) is 0 Å². The summed E-state index contributed by atoms with van der Waals surface area (Å²) in [7, 11) is 1.68. The van der Waals surface area contributed by atoms with Gasteiger partial charge in [0, 0.05) is 6.54 Å². The Bertz CT molecular complexity index is 899. The summed E-state index contributed by atoms with van der Waals surface area (Å²) in [6.07, 6.45) is 2.80. The van der Waals surface area contributed by atoms with Gasteiger partial charge in [-0.3, -0.25) is 4.79 Å². The van der Waals surface area contributed by atoms with Crippen molar-refractivity contribution in [1.29, 1.82) is 0 Å². The molecule has 0 fully saturated rings. The molecule has 0 aliphatic carbocycles. The summed E-state index contributed by atoms with van der Waals surface area (Å²) in [6, 6.07) is 21.1. The lowest BCUT2D eigenvalue weighted by Crippen LogP contribution is -2.16. The molecule has 1 amide bonds. The van der Waals surface area contributed by atoms with Crippen molar-refractivity contribution < 1.29 is 14.3 Å². The Kier molecular flexibility index (Phi) is 7.46. The molecule has 0 aliphatic heterocycles. The van der Waals surface area contributed by atoms with E-state index < -0.39 is 0 Å². The van der Waals surface area contributed by atoms with Crippen molar-refractivity contribution in [3.63, 3.8) is 0 Å². The summed E-state index contributed by atoms with van der Waals surface area (Å²) in [6.45, 7) is 1.07. The minimum absolute atomic E-state index is 0.134. The molecule has 1 heterocycles. The highest BCUT2D eigenvalue weighted by atomic mass is 16.5. The fourth-order valence-electron chi connectivity index (χ4n) is 2.81. The fourth-order valence-corrected chi connectivity index (χ4v) is 2.81. The first-order valence-corrected chi connectivity index (χ1v) is 9.54. The normalized spacial score (nSPS) is 10.2. The average molecular weight is 391 g/mol. The molecule has 3 aromatic rings. The summed E-state index contributed by atoms with van der Waals surface area (Å²) in [5.74, 6) is 2.03. The van der Waals surface area contributed by atoms with Gasteiger partial charge in [-0.2, -0.15) is 0 Å². The number of nitrogens with zero attached hydrogens (tertiary/aromatic N) is 1. The molecule has 0 radical (unpaired) electrons. The number of rotatable bonds is 10. The number of carbonyl (C=O) groups excluding carboxylic acids is 1. The second kappa shape index (κ2) is 10.7. The van der Waals surface area contributed by atoms with Gasteiger partial charge in [-0.15, -0.1) is 0 Å². The van der Waals surface area contributed by atoms with E-state index in [2.05, 4.69) is 21.7 Å². The first-order chi connectivity index (χ1) is 14.2. The number of ether oxygens (including phenoxy) is 2.